The summed E-state index contributed by atoms with van der Waals surface area (Å²) in [7, 11) is 0. The monoisotopic (exact) mass is 254 g/mol. The van der Waals surface area contributed by atoms with E-state index in [4.69, 9.17) is 11.6 Å². The Bertz CT molecular complexity index is 651. The van der Waals surface area contributed by atoms with Crippen LogP contribution in [0.1, 0.15) is 30.5 Å². The molecule has 0 bridgehead atoms. The van der Waals surface area contributed by atoms with Gasteiger partial charge in [-0.15, -0.1) is 0 Å². The Kier molecular flexibility index (Phi) is 2.39. The lowest BCUT2D eigenvalue weighted by atomic mass is 9.82. The molecule has 1 heteroatoms. The van der Waals surface area contributed by atoms with E-state index in [1.807, 2.05) is 12.1 Å². The van der Waals surface area contributed by atoms with Gasteiger partial charge in [-0.05, 0) is 39.9 Å². The Morgan fingerprint density at radius 3 is 2.28 bits per heavy atom. The summed E-state index contributed by atoms with van der Waals surface area (Å²) in [4.78, 5) is 0. The summed E-state index contributed by atoms with van der Waals surface area (Å²) >= 11 is 6.14. The van der Waals surface area contributed by atoms with Crippen molar-refractivity contribution < 1.29 is 0 Å². The van der Waals surface area contributed by atoms with E-state index in [1.54, 1.807) is 0 Å². The van der Waals surface area contributed by atoms with Crippen LogP contribution in [0, 0.1) is 0 Å². The maximum Gasteiger partial charge on any atom is 0.0409 e. The number of halogens is 1. The second kappa shape index (κ2) is 3.73. The number of benzene rings is 2. The summed E-state index contributed by atoms with van der Waals surface area (Å²) in [6.45, 7) is 8.35. The van der Waals surface area contributed by atoms with Gasteiger partial charge < -0.3 is 0 Å². The van der Waals surface area contributed by atoms with Crippen LogP contribution in [0.15, 0.2) is 43.0 Å². The predicted octanol–water partition coefficient (Wildman–Crippen LogP) is 5.29. The Morgan fingerprint density at radius 2 is 1.61 bits per heavy atom. The molecule has 90 valence electrons. The molecule has 1 aliphatic rings. The molecule has 3 rings (SSSR count). The lowest BCUT2D eigenvalue weighted by Gasteiger charge is -2.21. The van der Waals surface area contributed by atoms with Gasteiger partial charge in [0.25, 0.3) is 0 Å². The molecule has 0 N–H and O–H groups in total. The molecule has 0 nitrogen and oxygen atoms in total. The second-order valence-corrected chi connectivity index (χ2v) is 5.76. The van der Waals surface area contributed by atoms with Crippen molar-refractivity contribution in [3.05, 3.63) is 64.7 Å². The topological polar surface area (TPSA) is 0 Å². The highest BCUT2D eigenvalue weighted by molar-refractivity contribution is 6.30. The summed E-state index contributed by atoms with van der Waals surface area (Å²) in [5.74, 6) is 0. The Balaban J connectivity index is 2.34. The van der Waals surface area contributed by atoms with Crippen molar-refractivity contribution >= 4 is 17.7 Å². The van der Waals surface area contributed by atoms with Gasteiger partial charge in [0.1, 0.15) is 0 Å². The van der Waals surface area contributed by atoms with Crippen molar-refractivity contribution in [3.63, 3.8) is 0 Å². The molecule has 0 amide bonds. The van der Waals surface area contributed by atoms with Crippen LogP contribution < -0.4 is 0 Å². The molecule has 0 spiro atoms. The zero-order valence-electron chi connectivity index (χ0n) is 10.6. The van der Waals surface area contributed by atoms with Gasteiger partial charge in [0.2, 0.25) is 0 Å². The molecule has 0 heterocycles. The van der Waals surface area contributed by atoms with Crippen LogP contribution in [-0.4, -0.2) is 0 Å². The summed E-state index contributed by atoms with van der Waals surface area (Å²) in [5, 5.41) is 0.804. The maximum absolute atomic E-state index is 6.14. The van der Waals surface area contributed by atoms with Crippen molar-refractivity contribution in [1.29, 1.82) is 0 Å². The third kappa shape index (κ3) is 1.46. The molecule has 0 radical (unpaired) electrons. The van der Waals surface area contributed by atoms with Crippen molar-refractivity contribution in [3.8, 4) is 11.1 Å². The van der Waals surface area contributed by atoms with Gasteiger partial charge in [0.05, 0.1) is 0 Å². The summed E-state index contributed by atoms with van der Waals surface area (Å²) in [5.41, 5.74) is 6.46. The number of fused-ring (bicyclic) bond motifs is 3. The molecule has 0 unspecified atom stereocenters. The van der Waals surface area contributed by atoms with Crippen LogP contribution >= 0.6 is 11.6 Å². The minimum absolute atomic E-state index is 0.00852. The highest BCUT2D eigenvalue weighted by Crippen LogP contribution is 2.49. The van der Waals surface area contributed by atoms with Crippen LogP contribution in [0.5, 0.6) is 0 Å². The van der Waals surface area contributed by atoms with E-state index in [0.29, 0.717) is 0 Å². The fourth-order valence-electron chi connectivity index (χ4n) is 2.85. The van der Waals surface area contributed by atoms with Gasteiger partial charge in [-0.3, -0.25) is 0 Å². The lowest BCUT2D eigenvalue weighted by molar-refractivity contribution is 0.660. The van der Waals surface area contributed by atoms with Crippen LogP contribution in [0.4, 0.5) is 0 Å². The molecular weight excluding hydrogens is 240 g/mol. The number of hydrogen-bond acceptors (Lipinski definition) is 0. The van der Waals surface area contributed by atoms with E-state index >= 15 is 0 Å². The Hall–Kier alpha value is -1.53. The van der Waals surface area contributed by atoms with Gasteiger partial charge in [0, 0.05) is 10.4 Å². The van der Waals surface area contributed by atoms with E-state index in [-0.39, 0.29) is 5.41 Å². The smallest absolute Gasteiger partial charge is 0.0409 e. The SMILES string of the molecule is C=Cc1ccc2c(c1)C(C)(C)c1cc(Cl)ccc1-2. The lowest BCUT2D eigenvalue weighted by Crippen LogP contribution is -2.15. The summed E-state index contributed by atoms with van der Waals surface area (Å²) in [6.07, 6.45) is 1.90. The summed E-state index contributed by atoms with van der Waals surface area (Å²) in [6, 6.07) is 12.7. The van der Waals surface area contributed by atoms with Crippen LogP contribution in [-0.2, 0) is 5.41 Å². The molecule has 0 saturated heterocycles. The van der Waals surface area contributed by atoms with Crippen molar-refractivity contribution in [1.82, 2.24) is 0 Å². The zero-order valence-corrected chi connectivity index (χ0v) is 11.4. The molecule has 0 saturated carbocycles. The number of hydrogen-bond donors (Lipinski definition) is 0. The largest absolute Gasteiger partial charge is 0.0985 e. The fourth-order valence-corrected chi connectivity index (χ4v) is 3.03. The molecular formula is C17H15Cl. The average molecular weight is 255 g/mol. The third-order valence-corrected chi connectivity index (χ3v) is 4.13. The van der Waals surface area contributed by atoms with Crippen molar-refractivity contribution in [2.75, 3.05) is 0 Å². The first kappa shape index (κ1) is 11.6. The third-order valence-electron chi connectivity index (χ3n) is 3.90. The Morgan fingerprint density at radius 1 is 1.00 bits per heavy atom. The quantitative estimate of drug-likeness (QED) is 0.649. The zero-order chi connectivity index (χ0) is 12.9. The molecule has 0 fully saturated rings. The first-order chi connectivity index (χ1) is 8.54. The van der Waals surface area contributed by atoms with Crippen LogP contribution in [0.2, 0.25) is 5.02 Å². The van der Waals surface area contributed by atoms with E-state index < -0.39 is 0 Å². The maximum atomic E-state index is 6.14. The van der Waals surface area contributed by atoms with Gasteiger partial charge >= 0.3 is 0 Å². The molecule has 18 heavy (non-hydrogen) atoms. The van der Waals surface area contributed by atoms with E-state index in [0.717, 1.165) is 5.02 Å². The average Bonchev–Trinajstić information content (AvgIpc) is 2.58. The first-order valence-electron chi connectivity index (χ1n) is 6.11. The highest BCUT2D eigenvalue weighted by atomic mass is 35.5. The molecule has 2 aromatic carbocycles. The van der Waals surface area contributed by atoms with E-state index in [2.05, 4.69) is 50.8 Å². The van der Waals surface area contributed by atoms with Crippen molar-refractivity contribution in [2.24, 2.45) is 0 Å². The Labute approximate surface area is 113 Å². The fraction of sp³-hybridized carbons (Fsp3) is 0.176. The van der Waals surface area contributed by atoms with Gasteiger partial charge in [0.15, 0.2) is 0 Å². The van der Waals surface area contributed by atoms with E-state index in [1.165, 1.54) is 27.8 Å². The minimum atomic E-state index is 0.00852. The first-order valence-corrected chi connectivity index (χ1v) is 6.49. The molecule has 2 aromatic rings. The molecule has 0 aromatic heterocycles. The van der Waals surface area contributed by atoms with Crippen LogP contribution in [0.25, 0.3) is 17.2 Å². The highest BCUT2D eigenvalue weighted by Gasteiger charge is 2.35. The normalized spacial score (nSPS) is 15.1. The van der Waals surface area contributed by atoms with E-state index in [9.17, 15) is 0 Å². The predicted molar refractivity (Wildman–Crippen MR) is 79.1 cm³/mol. The molecule has 0 atom stereocenters. The van der Waals surface area contributed by atoms with Gasteiger partial charge in [-0.25, -0.2) is 0 Å². The van der Waals surface area contributed by atoms with Crippen LogP contribution in [0.3, 0.4) is 0 Å². The van der Waals surface area contributed by atoms with Crippen molar-refractivity contribution in [2.45, 2.75) is 19.3 Å². The van der Waals surface area contributed by atoms with Gasteiger partial charge in [-0.1, -0.05) is 62.4 Å². The minimum Gasteiger partial charge on any atom is -0.0985 e. The molecule has 0 aliphatic heterocycles. The number of rotatable bonds is 1. The second-order valence-electron chi connectivity index (χ2n) is 5.32. The van der Waals surface area contributed by atoms with Gasteiger partial charge in [-0.2, -0.15) is 0 Å². The molecule has 1 aliphatic carbocycles. The summed E-state index contributed by atoms with van der Waals surface area (Å²) < 4.78 is 0. The standard InChI is InChI=1S/C17H15Cl/c1-4-11-5-7-13-14-8-6-12(18)10-16(14)17(2,3)15(13)9-11/h4-10H,1H2,2-3H3.